The van der Waals surface area contributed by atoms with Crippen LogP contribution in [0, 0.1) is 6.92 Å². The van der Waals surface area contributed by atoms with Gasteiger partial charge in [0.15, 0.2) is 5.82 Å². The van der Waals surface area contributed by atoms with Gasteiger partial charge in [-0.15, -0.1) is 0 Å². The first-order chi connectivity index (χ1) is 10.3. The van der Waals surface area contributed by atoms with Gasteiger partial charge in [0, 0.05) is 26.2 Å². The summed E-state index contributed by atoms with van der Waals surface area (Å²) in [5.74, 6) is 1.20. The lowest BCUT2D eigenvalue weighted by Gasteiger charge is -2.32. The predicted molar refractivity (Wildman–Crippen MR) is 76.4 cm³/mol. The molecule has 0 saturated carbocycles. The summed E-state index contributed by atoms with van der Waals surface area (Å²) in [6, 6.07) is 6.03. The van der Waals surface area contributed by atoms with Crippen LogP contribution in [0.1, 0.15) is 30.3 Å². The average molecular weight is 288 g/mol. The molecule has 0 aromatic carbocycles. The van der Waals surface area contributed by atoms with Crippen LogP contribution < -0.4 is 0 Å². The Kier molecular flexibility index (Phi) is 4.57. The highest BCUT2D eigenvalue weighted by atomic mass is 16.5. The minimum atomic E-state index is 0.223. The van der Waals surface area contributed by atoms with Crippen LogP contribution in [0.5, 0.6) is 0 Å². The summed E-state index contributed by atoms with van der Waals surface area (Å²) >= 11 is 0. The van der Waals surface area contributed by atoms with E-state index in [1.54, 1.807) is 6.92 Å². The zero-order valence-electron chi connectivity index (χ0n) is 12.2. The second kappa shape index (κ2) is 6.78. The molecule has 0 N–H and O–H groups in total. The van der Waals surface area contributed by atoms with Crippen molar-refractivity contribution < 1.29 is 9.26 Å². The van der Waals surface area contributed by atoms with E-state index >= 15 is 0 Å². The Labute approximate surface area is 124 Å². The molecule has 0 spiro atoms. The van der Waals surface area contributed by atoms with Crippen LogP contribution in [-0.2, 0) is 17.9 Å². The van der Waals surface area contributed by atoms with Crippen molar-refractivity contribution in [3.05, 3.63) is 41.8 Å². The van der Waals surface area contributed by atoms with E-state index in [-0.39, 0.29) is 6.10 Å². The van der Waals surface area contributed by atoms with E-state index in [9.17, 15) is 0 Å². The third-order valence-electron chi connectivity index (χ3n) is 3.59. The number of aromatic nitrogens is 3. The molecule has 6 heteroatoms. The van der Waals surface area contributed by atoms with Crippen LogP contribution in [-0.4, -0.2) is 39.2 Å². The minimum Gasteiger partial charge on any atom is -0.369 e. The Bertz CT molecular complexity index is 558. The molecule has 3 rings (SSSR count). The van der Waals surface area contributed by atoms with Gasteiger partial charge in [0.05, 0.1) is 11.8 Å². The molecule has 1 atom stereocenters. The number of rotatable bonds is 5. The first kappa shape index (κ1) is 14.2. The first-order valence-electron chi connectivity index (χ1n) is 7.32. The number of pyridine rings is 1. The summed E-state index contributed by atoms with van der Waals surface area (Å²) in [6.07, 6.45) is 4.28. The summed E-state index contributed by atoms with van der Waals surface area (Å²) in [5, 5.41) is 3.85. The van der Waals surface area contributed by atoms with E-state index < -0.39 is 0 Å². The monoisotopic (exact) mass is 288 g/mol. The van der Waals surface area contributed by atoms with Gasteiger partial charge in [-0.1, -0.05) is 11.2 Å². The molecule has 1 saturated heterocycles. The number of hydrogen-bond donors (Lipinski definition) is 0. The topological polar surface area (TPSA) is 64.3 Å². The van der Waals surface area contributed by atoms with Crippen molar-refractivity contribution in [2.45, 2.75) is 39.0 Å². The molecule has 0 aliphatic carbocycles. The highest BCUT2D eigenvalue weighted by molar-refractivity contribution is 5.03. The van der Waals surface area contributed by atoms with Crippen molar-refractivity contribution in [1.82, 2.24) is 20.0 Å². The van der Waals surface area contributed by atoms with Crippen LogP contribution in [0.15, 0.2) is 28.9 Å². The molecule has 2 aromatic rings. The Morgan fingerprint density at radius 1 is 1.43 bits per heavy atom. The standard InChI is InChI=1S/C15H20N4O2/c1-12-17-15(18-21-12)11-20-14-6-4-8-19(10-14)9-13-5-2-3-7-16-13/h2-3,5,7,14H,4,6,8-11H2,1H3. The molecule has 1 aliphatic heterocycles. The largest absolute Gasteiger partial charge is 0.369 e. The average Bonchev–Trinajstić information content (AvgIpc) is 2.92. The lowest BCUT2D eigenvalue weighted by Crippen LogP contribution is -2.39. The number of piperidine rings is 1. The van der Waals surface area contributed by atoms with E-state index in [2.05, 4.69) is 26.1 Å². The fourth-order valence-corrected chi connectivity index (χ4v) is 2.61. The number of likely N-dealkylation sites (tertiary alicyclic amines) is 1. The summed E-state index contributed by atoms with van der Waals surface area (Å²) in [6.45, 7) is 5.10. The zero-order chi connectivity index (χ0) is 14.5. The van der Waals surface area contributed by atoms with Gasteiger partial charge in [-0.05, 0) is 31.5 Å². The van der Waals surface area contributed by atoms with Crippen molar-refractivity contribution >= 4 is 0 Å². The SMILES string of the molecule is Cc1nc(COC2CCCN(Cc3ccccn3)C2)no1. The first-order valence-corrected chi connectivity index (χ1v) is 7.32. The molecule has 1 aliphatic rings. The molecular formula is C15H20N4O2. The van der Waals surface area contributed by atoms with Crippen LogP contribution in [0.4, 0.5) is 0 Å². The molecule has 0 amide bonds. The van der Waals surface area contributed by atoms with Gasteiger partial charge in [-0.3, -0.25) is 9.88 Å². The van der Waals surface area contributed by atoms with E-state index in [0.717, 1.165) is 38.2 Å². The maximum absolute atomic E-state index is 5.90. The second-order valence-electron chi connectivity index (χ2n) is 5.36. The number of aryl methyl sites for hydroxylation is 1. The maximum atomic E-state index is 5.90. The van der Waals surface area contributed by atoms with Gasteiger partial charge in [0.2, 0.25) is 5.89 Å². The third kappa shape index (κ3) is 4.09. The van der Waals surface area contributed by atoms with Crippen LogP contribution in [0.25, 0.3) is 0 Å². The Morgan fingerprint density at radius 3 is 3.14 bits per heavy atom. The third-order valence-corrected chi connectivity index (χ3v) is 3.59. The van der Waals surface area contributed by atoms with Crippen LogP contribution in [0.3, 0.4) is 0 Å². The predicted octanol–water partition coefficient (Wildman–Crippen LogP) is 1.95. The molecule has 3 heterocycles. The molecular weight excluding hydrogens is 268 g/mol. The second-order valence-corrected chi connectivity index (χ2v) is 5.36. The summed E-state index contributed by atoms with van der Waals surface area (Å²) < 4.78 is 10.8. The number of hydrogen-bond acceptors (Lipinski definition) is 6. The van der Waals surface area contributed by atoms with Crippen molar-refractivity contribution in [3.8, 4) is 0 Å². The van der Waals surface area contributed by atoms with Crippen molar-refractivity contribution in [2.24, 2.45) is 0 Å². The van der Waals surface area contributed by atoms with E-state index in [1.807, 2.05) is 18.3 Å². The molecule has 1 fully saturated rings. The normalized spacial score (nSPS) is 19.8. The Balaban J connectivity index is 1.49. The molecule has 112 valence electrons. The quantitative estimate of drug-likeness (QED) is 0.838. The summed E-state index contributed by atoms with van der Waals surface area (Å²) in [4.78, 5) is 10.9. The molecule has 0 bridgehead atoms. The van der Waals surface area contributed by atoms with Gasteiger partial charge in [-0.25, -0.2) is 0 Å². The number of nitrogens with zero attached hydrogens (tertiary/aromatic N) is 4. The van der Waals surface area contributed by atoms with Crippen molar-refractivity contribution in [1.29, 1.82) is 0 Å². The van der Waals surface area contributed by atoms with Crippen LogP contribution in [0.2, 0.25) is 0 Å². The fraction of sp³-hybridized carbons (Fsp3) is 0.533. The summed E-state index contributed by atoms with van der Waals surface area (Å²) in [7, 11) is 0. The highest BCUT2D eigenvalue weighted by Crippen LogP contribution is 2.16. The van der Waals surface area contributed by atoms with Crippen molar-refractivity contribution in [3.63, 3.8) is 0 Å². The van der Waals surface area contributed by atoms with E-state index in [4.69, 9.17) is 9.26 Å². The molecule has 6 nitrogen and oxygen atoms in total. The highest BCUT2D eigenvalue weighted by Gasteiger charge is 2.21. The van der Waals surface area contributed by atoms with Gasteiger partial charge in [-0.2, -0.15) is 4.98 Å². The zero-order valence-corrected chi connectivity index (χ0v) is 12.2. The van der Waals surface area contributed by atoms with Gasteiger partial charge >= 0.3 is 0 Å². The van der Waals surface area contributed by atoms with Gasteiger partial charge in [0.25, 0.3) is 0 Å². The Hall–Kier alpha value is -1.79. The maximum Gasteiger partial charge on any atom is 0.223 e. The van der Waals surface area contributed by atoms with Crippen molar-refractivity contribution in [2.75, 3.05) is 13.1 Å². The molecule has 1 unspecified atom stereocenters. The van der Waals surface area contributed by atoms with Gasteiger partial charge in [0.1, 0.15) is 6.61 Å². The molecule has 21 heavy (non-hydrogen) atoms. The molecule has 2 aromatic heterocycles. The van der Waals surface area contributed by atoms with E-state index in [1.165, 1.54) is 0 Å². The molecule has 0 radical (unpaired) electrons. The lowest BCUT2D eigenvalue weighted by molar-refractivity contribution is -0.0153. The minimum absolute atomic E-state index is 0.223. The lowest BCUT2D eigenvalue weighted by atomic mass is 10.1. The van der Waals surface area contributed by atoms with E-state index in [0.29, 0.717) is 18.3 Å². The van der Waals surface area contributed by atoms with Crippen LogP contribution >= 0.6 is 0 Å². The smallest absolute Gasteiger partial charge is 0.223 e. The Morgan fingerprint density at radius 2 is 2.38 bits per heavy atom. The number of ether oxygens (including phenoxy) is 1. The fourth-order valence-electron chi connectivity index (χ4n) is 2.61. The summed E-state index contributed by atoms with van der Waals surface area (Å²) in [5.41, 5.74) is 1.10. The van der Waals surface area contributed by atoms with Gasteiger partial charge < -0.3 is 9.26 Å².